The van der Waals surface area contributed by atoms with E-state index in [-0.39, 0.29) is 18.1 Å². The van der Waals surface area contributed by atoms with Gasteiger partial charge in [-0.15, -0.1) is 0 Å². The van der Waals surface area contributed by atoms with Gasteiger partial charge in [-0.1, -0.05) is 27.7 Å². The van der Waals surface area contributed by atoms with E-state index >= 15 is 0 Å². The molecule has 0 amide bonds. The lowest BCUT2D eigenvalue weighted by molar-refractivity contribution is -0.156. The molecule has 0 aromatic rings. The lowest BCUT2D eigenvalue weighted by Crippen LogP contribution is -2.54. The molecule has 7 atom stereocenters. The number of rotatable bonds is 3. The molecule has 0 saturated heterocycles. The highest BCUT2D eigenvalue weighted by molar-refractivity contribution is 5.79. The maximum absolute atomic E-state index is 12.0. The van der Waals surface area contributed by atoms with Crippen LogP contribution in [0.15, 0.2) is 0 Å². The highest BCUT2D eigenvalue weighted by Gasteiger charge is 2.60. The summed E-state index contributed by atoms with van der Waals surface area (Å²) in [7, 11) is 0. The molecule has 4 rings (SSSR count). The topological polar surface area (TPSA) is 63.6 Å². The second-order valence-electron chi connectivity index (χ2n) is 9.71. The fourth-order valence-electron chi connectivity index (χ4n) is 7.44. The zero-order valence-corrected chi connectivity index (χ0v) is 17.6. The Hall–Kier alpha value is -0.900. The molecule has 4 saturated carbocycles. The number of ketones is 1. The van der Waals surface area contributed by atoms with E-state index in [1.165, 1.54) is 25.7 Å². The molecule has 0 aromatic carbocycles. The minimum Gasteiger partial charge on any atom is -0.480 e. The largest absolute Gasteiger partial charge is 0.480 e. The molecular formula is C23H38O4. The molecule has 0 aromatic heterocycles. The number of carboxylic acid groups (broad SMARTS) is 1. The van der Waals surface area contributed by atoms with Crippen LogP contribution in [0, 0.1) is 34.5 Å². The summed E-state index contributed by atoms with van der Waals surface area (Å²) < 4.78 is 5.82. The van der Waals surface area contributed by atoms with E-state index < -0.39 is 5.97 Å². The number of hydrogen-bond acceptors (Lipinski definition) is 3. The van der Waals surface area contributed by atoms with Crippen molar-refractivity contribution in [2.75, 3.05) is 6.61 Å². The fraction of sp³-hybridized carbons (Fsp3) is 0.913. The van der Waals surface area contributed by atoms with Crippen molar-refractivity contribution in [1.82, 2.24) is 0 Å². The Morgan fingerprint density at radius 3 is 2.44 bits per heavy atom. The summed E-state index contributed by atoms with van der Waals surface area (Å²) in [6.45, 7) is 8.66. The molecule has 7 unspecified atom stereocenters. The van der Waals surface area contributed by atoms with Crippen LogP contribution >= 0.6 is 0 Å². The summed E-state index contributed by atoms with van der Waals surface area (Å²) in [6, 6.07) is 0. The third-order valence-electron chi connectivity index (χ3n) is 8.80. The van der Waals surface area contributed by atoms with Crippen LogP contribution in [0.2, 0.25) is 0 Å². The number of carboxylic acids is 1. The van der Waals surface area contributed by atoms with Crippen LogP contribution in [-0.4, -0.2) is 29.6 Å². The Balaban J connectivity index is 0.00000102. The van der Waals surface area contributed by atoms with Gasteiger partial charge in [-0.05, 0) is 79.4 Å². The summed E-state index contributed by atoms with van der Waals surface area (Å²) in [5.41, 5.74) is 0.489. The second-order valence-corrected chi connectivity index (χ2v) is 9.71. The van der Waals surface area contributed by atoms with E-state index in [0.717, 1.165) is 43.9 Å². The molecule has 4 aliphatic rings. The van der Waals surface area contributed by atoms with Crippen LogP contribution in [0.1, 0.15) is 85.5 Å². The van der Waals surface area contributed by atoms with Gasteiger partial charge in [-0.2, -0.15) is 0 Å². The van der Waals surface area contributed by atoms with Crippen molar-refractivity contribution < 1.29 is 19.4 Å². The molecule has 0 aliphatic heterocycles. The normalized spacial score (nSPS) is 45.8. The van der Waals surface area contributed by atoms with Gasteiger partial charge in [0.2, 0.25) is 0 Å². The van der Waals surface area contributed by atoms with Crippen molar-refractivity contribution in [2.24, 2.45) is 34.5 Å². The SMILES string of the molecule is CC.CC12CCC(=O)CC1CCC1C2CCC2(C)C(OCC(=O)O)CCC12. The zero-order chi connectivity index (χ0) is 19.8. The molecule has 0 bridgehead atoms. The first-order valence-corrected chi connectivity index (χ1v) is 11.2. The van der Waals surface area contributed by atoms with Crippen LogP contribution < -0.4 is 0 Å². The fourth-order valence-corrected chi connectivity index (χ4v) is 7.44. The highest BCUT2D eigenvalue weighted by atomic mass is 16.5. The van der Waals surface area contributed by atoms with E-state index in [0.29, 0.717) is 23.0 Å². The van der Waals surface area contributed by atoms with Crippen molar-refractivity contribution in [3.8, 4) is 0 Å². The Kier molecular flexibility index (Phi) is 6.05. The Morgan fingerprint density at radius 2 is 1.74 bits per heavy atom. The van der Waals surface area contributed by atoms with Crippen LogP contribution in [0.4, 0.5) is 0 Å². The first-order valence-electron chi connectivity index (χ1n) is 11.2. The smallest absolute Gasteiger partial charge is 0.329 e. The summed E-state index contributed by atoms with van der Waals surface area (Å²) in [5.74, 6) is 2.37. The summed E-state index contributed by atoms with van der Waals surface area (Å²) in [4.78, 5) is 22.9. The van der Waals surface area contributed by atoms with E-state index in [9.17, 15) is 9.59 Å². The molecule has 27 heavy (non-hydrogen) atoms. The van der Waals surface area contributed by atoms with E-state index in [2.05, 4.69) is 13.8 Å². The third-order valence-corrected chi connectivity index (χ3v) is 8.80. The Labute approximate surface area is 164 Å². The molecule has 0 radical (unpaired) electrons. The van der Waals surface area contributed by atoms with Gasteiger partial charge in [0.25, 0.3) is 0 Å². The number of hydrogen-bond donors (Lipinski definition) is 1. The molecule has 0 heterocycles. The molecular weight excluding hydrogens is 340 g/mol. The number of Topliss-reactive ketones (excluding diaryl/α,β-unsaturated/α-hetero) is 1. The van der Waals surface area contributed by atoms with Crippen LogP contribution in [-0.2, 0) is 14.3 Å². The first kappa shape index (κ1) is 20.8. The van der Waals surface area contributed by atoms with Crippen molar-refractivity contribution in [3.05, 3.63) is 0 Å². The number of fused-ring (bicyclic) bond motifs is 5. The molecule has 4 heteroatoms. The average molecular weight is 379 g/mol. The predicted molar refractivity (Wildman–Crippen MR) is 105 cm³/mol. The summed E-state index contributed by atoms with van der Waals surface area (Å²) >= 11 is 0. The second kappa shape index (κ2) is 7.85. The van der Waals surface area contributed by atoms with Gasteiger partial charge < -0.3 is 9.84 Å². The van der Waals surface area contributed by atoms with Gasteiger partial charge in [0, 0.05) is 12.8 Å². The standard InChI is InChI=1S/C21H32O4.C2H6/c1-20-9-7-14(22)11-13(20)3-4-15-16-5-6-18(25-12-19(23)24)21(16,2)10-8-17(15)20;1-2/h13,15-18H,3-12H2,1-2H3,(H,23,24);1-2H3. The average Bonchev–Trinajstić information content (AvgIpc) is 2.98. The van der Waals surface area contributed by atoms with Crippen molar-refractivity contribution in [1.29, 1.82) is 0 Å². The Bertz CT molecular complexity index is 573. The van der Waals surface area contributed by atoms with Gasteiger partial charge in [0.05, 0.1) is 6.10 Å². The highest BCUT2D eigenvalue weighted by Crippen LogP contribution is 2.66. The Morgan fingerprint density at radius 1 is 1.04 bits per heavy atom. The van der Waals surface area contributed by atoms with Crippen LogP contribution in [0.3, 0.4) is 0 Å². The third kappa shape index (κ3) is 3.47. The first-order chi connectivity index (χ1) is 12.8. The minimum absolute atomic E-state index is 0.105. The monoisotopic (exact) mass is 378 g/mol. The minimum atomic E-state index is -0.861. The molecule has 154 valence electrons. The van der Waals surface area contributed by atoms with Crippen molar-refractivity contribution in [2.45, 2.75) is 91.6 Å². The summed E-state index contributed by atoms with van der Waals surface area (Å²) in [5, 5.41) is 8.97. The number of ether oxygens (including phenoxy) is 1. The van der Waals surface area contributed by atoms with Gasteiger partial charge in [0.1, 0.15) is 12.4 Å². The zero-order valence-electron chi connectivity index (χ0n) is 17.6. The van der Waals surface area contributed by atoms with Gasteiger partial charge >= 0.3 is 5.97 Å². The van der Waals surface area contributed by atoms with Crippen molar-refractivity contribution >= 4 is 11.8 Å². The quantitative estimate of drug-likeness (QED) is 0.742. The molecule has 1 N–H and O–H groups in total. The van der Waals surface area contributed by atoms with Crippen LogP contribution in [0.25, 0.3) is 0 Å². The molecule has 4 fully saturated rings. The lowest BCUT2D eigenvalue weighted by atomic mass is 9.45. The van der Waals surface area contributed by atoms with Gasteiger partial charge in [-0.25, -0.2) is 4.79 Å². The molecule has 4 nitrogen and oxygen atoms in total. The van der Waals surface area contributed by atoms with Gasteiger partial charge in [0.15, 0.2) is 0 Å². The lowest BCUT2D eigenvalue weighted by Gasteiger charge is -2.60. The van der Waals surface area contributed by atoms with Gasteiger partial charge in [-0.3, -0.25) is 4.79 Å². The van der Waals surface area contributed by atoms with Crippen molar-refractivity contribution in [3.63, 3.8) is 0 Å². The van der Waals surface area contributed by atoms with E-state index in [1.807, 2.05) is 13.8 Å². The maximum Gasteiger partial charge on any atom is 0.329 e. The molecule has 4 aliphatic carbocycles. The summed E-state index contributed by atoms with van der Waals surface area (Å²) in [6.07, 6.45) is 9.81. The number of carbonyl (C=O) groups excluding carboxylic acids is 1. The van der Waals surface area contributed by atoms with E-state index in [1.54, 1.807) is 0 Å². The van der Waals surface area contributed by atoms with E-state index in [4.69, 9.17) is 9.84 Å². The maximum atomic E-state index is 12.0. The van der Waals surface area contributed by atoms with Crippen LogP contribution in [0.5, 0.6) is 0 Å². The number of carbonyl (C=O) groups is 2. The number of aliphatic carboxylic acids is 1. The predicted octanol–water partition coefficient (Wildman–Crippen LogP) is 5.09. The molecule has 0 spiro atoms.